The Morgan fingerprint density at radius 1 is 1.38 bits per heavy atom. The van der Waals surface area contributed by atoms with Gasteiger partial charge in [0.05, 0.1) is 0 Å². The van der Waals surface area contributed by atoms with Crippen molar-refractivity contribution in [2.45, 2.75) is 37.8 Å². The maximum absolute atomic E-state index is 5.49. The first-order valence-electron chi connectivity index (χ1n) is 6.00. The van der Waals surface area contributed by atoms with Gasteiger partial charge in [0.2, 0.25) is 11.9 Å². The Hall–Kier alpha value is -1.30. The number of nitrogens with one attached hydrogen (secondary N) is 2. The smallest absolute Gasteiger partial charge is 0.243 e. The Morgan fingerprint density at radius 3 is 3.12 bits per heavy atom. The highest BCUT2D eigenvalue weighted by Crippen LogP contribution is 2.27. The first-order valence-corrected chi connectivity index (χ1v) is 6.00. The van der Waals surface area contributed by atoms with Crippen LogP contribution in [0.15, 0.2) is 0 Å². The molecule has 2 aliphatic heterocycles. The standard InChI is InChI=1S/C10H18N6/c11-9-13-10(15-14-9)12-7-3-5-16-4-1-2-8(16)6-7/h7-8H,1-6H2,(H4,11,12,13,14,15). The van der Waals surface area contributed by atoms with Crippen LogP contribution in [0.4, 0.5) is 11.9 Å². The van der Waals surface area contributed by atoms with Gasteiger partial charge in [0, 0.05) is 18.6 Å². The lowest BCUT2D eigenvalue weighted by Gasteiger charge is -2.34. The number of piperidine rings is 1. The van der Waals surface area contributed by atoms with E-state index in [-0.39, 0.29) is 0 Å². The minimum atomic E-state index is 0.376. The van der Waals surface area contributed by atoms with Crippen molar-refractivity contribution in [2.75, 3.05) is 24.1 Å². The second-order valence-corrected chi connectivity index (χ2v) is 4.74. The zero-order chi connectivity index (χ0) is 11.0. The molecule has 16 heavy (non-hydrogen) atoms. The Bertz CT molecular complexity index is 362. The highest BCUT2D eigenvalue weighted by Gasteiger charge is 2.31. The molecule has 88 valence electrons. The molecule has 0 amide bonds. The fourth-order valence-corrected chi connectivity index (χ4v) is 2.88. The number of anilines is 2. The van der Waals surface area contributed by atoms with Crippen molar-refractivity contribution in [3.8, 4) is 0 Å². The summed E-state index contributed by atoms with van der Waals surface area (Å²) in [5.41, 5.74) is 5.49. The predicted molar refractivity (Wildman–Crippen MR) is 62.0 cm³/mol. The largest absolute Gasteiger partial charge is 0.368 e. The third kappa shape index (κ3) is 1.84. The third-order valence-corrected chi connectivity index (χ3v) is 3.66. The molecule has 0 spiro atoms. The monoisotopic (exact) mass is 222 g/mol. The summed E-state index contributed by atoms with van der Waals surface area (Å²) < 4.78 is 0. The molecule has 2 fully saturated rings. The molecule has 6 heteroatoms. The van der Waals surface area contributed by atoms with Crippen molar-refractivity contribution < 1.29 is 0 Å². The van der Waals surface area contributed by atoms with E-state index in [2.05, 4.69) is 25.4 Å². The molecule has 0 aliphatic carbocycles. The number of hydrogen-bond acceptors (Lipinski definition) is 5. The van der Waals surface area contributed by atoms with Crippen LogP contribution < -0.4 is 11.1 Å². The zero-order valence-electron chi connectivity index (χ0n) is 9.32. The molecule has 0 bridgehead atoms. The van der Waals surface area contributed by atoms with Gasteiger partial charge < -0.3 is 16.0 Å². The fraction of sp³-hybridized carbons (Fsp3) is 0.800. The quantitative estimate of drug-likeness (QED) is 0.675. The van der Waals surface area contributed by atoms with E-state index >= 15 is 0 Å². The highest BCUT2D eigenvalue weighted by molar-refractivity contribution is 5.31. The van der Waals surface area contributed by atoms with E-state index < -0.39 is 0 Å². The molecule has 2 saturated heterocycles. The summed E-state index contributed by atoms with van der Waals surface area (Å²) in [5, 5.41) is 10.0. The molecule has 0 aromatic carbocycles. The van der Waals surface area contributed by atoms with Crippen LogP contribution in [0.3, 0.4) is 0 Å². The van der Waals surface area contributed by atoms with Crippen molar-refractivity contribution in [3.63, 3.8) is 0 Å². The minimum absolute atomic E-state index is 0.376. The van der Waals surface area contributed by atoms with Gasteiger partial charge in [-0.1, -0.05) is 0 Å². The van der Waals surface area contributed by atoms with Gasteiger partial charge in [0.25, 0.3) is 0 Å². The fourth-order valence-electron chi connectivity index (χ4n) is 2.88. The van der Waals surface area contributed by atoms with E-state index in [0.717, 1.165) is 6.04 Å². The Morgan fingerprint density at radius 2 is 2.31 bits per heavy atom. The van der Waals surface area contributed by atoms with Crippen molar-refractivity contribution in [2.24, 2.45) is 0 Å². The topological polar surface area (TPSA) is 82.9 Å². The number of nitrogens with zero attached hydrogens (tertiary/aromatic N) is 3. The van der Waals surface area contributed by atoms with Crippen LogP contribution >= 0.6 is 0 Å². The van der Waals surface area contributed by atoms with Crippen LogP contribution in [0.1, 0.15) is 25.7 Å². The van der Waals surface area contributed by atoms with Gasteiger partial charge >= 0.3 is 0 Å². The maximum Gasteiger partial charge on any atom is 0.243 e. The van der Waals surface area contributed by atoms with Crippen LogP contribution in [0.25, 0.3) is 0 Å². The van der Waals surface area contributed by atoms with Crippen molar-refractivity contribution in [1.29, 1.82) is 0 Å². The first kappa shape index (κ1) is 9.89. The van der Waals surface area contributed by atoms with Gasteiger partial charge in [-0.3, -0.25) is 0 Å². The van der Waals surface area contributed by atoms with Crippen LogP contribution in [-0.4, -0.2) is 45.3 Å². The lowest BCUT2D eigenvalue weighted by atomic mass is 9.98. The van der Waals surface area contributed by atoms with E-state index in [0.29, 0.717) is 17.9 Å². The van der Waals surface area contributed by atoms with E-state index in [4.69, 9.17) is 5.73 Å². The van der Waals surface area contributed by atoms with Crippen molar-refractivity contribution >= 4 is 11.9 Å². The molecule has 0 radical (unpaired) electrons. The average Bonchev–Trinajstić information content (AvgIpc) is 2.87. The number of aromatic nitrogens is 3. The molecule has 0 saturated carbocycles. The SMILES string of the molecule is Nc1nc(NC2CCN3CCCC3C2)n[nH]1. The summed E-state index contributed by atoms with van der Waals surface area (Å²) >= 11 is 0. The summed E-state index contributed by atoms with van der Waals surface area (Å²) in [4.78, 5) is 6.68. The number of nitrogen functional groups attached to an aromatic ring is 1. The molecule has 3 heterocycles. The third-order valence-electron chi connectivity index (χ3n) is 3.66. The summed E-state index contributed by atoms with van der Waals surface area (Å²) in [6.45, 7) is 2.48. The Balaban J connectivity index is 1.60. The molecular weight excluding hydrogens is 204 g/mol. The molecule has 6 nitrogen and oxygen atoms in total. The van der Waals surface area contributed by atoms with Crippen LogP contribution in [0.5, 0.6) is 0 Å². The molecule has 2 unspecified atom stereocenters. The minimum Gasteiger partial charge on any atom is -0.368 e. The van der Waals surface area contributed by atoms with Crippen molar-refractivity contribution in [3.05, 3.63) is 0 Å². The van der Waals surface area contributed by atoms with Gasteiger partial charge in [-0.05, 0) is 32.2 Å². The van der Waals surface area contributed by atoms with Gasteiger partial charge in [-0.2, -0.15) is 4.98 Å². The van der Waals surface area contributed by atoms with Crippen molar-refractivity contribution in [1.82, 2.24) is 20.1 Å². The van der Waals surface area contributed by atoms with Gasteiger partial charge in [-0.15, -0.1) is 5.10 Å². The van der Waals surface area contributed by atoms with Crippen LogP contribution in [0.2, 0.25) is 0 Å². The summed E-state index contributed by atoms with van der Waals surface area (Å²) in [7, 11) is 0. The number of hydrogen-bond donors (Lipinski definition) is 3. The Labute approximate surface area is 94.6 Å². The molecule has 2 atom stereocenters. The van der Waals surface area contributed by atoms with Crippen LogP contribution in [0, 0.1) is 0 Å². The lowest BCUT2D eigenvalue weighted by molar-refractivity contribution is 0.188. The molecule has 1 aromatic heterocycles. The van der Waals surface area contributed by atoms with Crippen LogP contribution in [-0.2, 0) is 0 Å². The molecular formula is C10H18N6. The lowest BCUT2D eigenvalue weighted by Crippen LogP contribution is -2.42. The highest BCUT2D eigenvalue weighted by atomic mass is 15.3. The maximum atomic E-state index is 5.49. The van der Waals surface area contributed by atoms with E-state index in [9.17, 15) is 0 Å². The van der Waals surface area contributed by atoms with E-state index in [1.54, 1.807) is 0 Å². The van der Waals surface area contributed by atoms with Gasteiger partial charge in [0.15, 0.2) is 0 Å². The molecule has 3 rings (SSSR count). The Kier molecular flexibility index (Phi) is 2.43. The first-order chi connectivity index (χ1) is 7.81. The molecule has 1 aromatic rings. The van der Waals surface area contributed by atoms with E-state index in [1.807, 2.05) is 0 Å². The number of H-pyrrole nitrogens is 1. The average molecular weight is 222 g/mol. The van der Waals surface area contributed by atoms with Gasteiger partial charge in [-0.25, -0.2) is 5.10 Å². The second kappa shape index (κ2) is 3.93. The predicted octanol–water partition coefficient (Wildman–Crippen LogP) is 0.426. The summed E-state index contributed by atoms with van der Waals surface area (Å²) in [6, 6.07) is 1.26. The van der Waals surface area contributed by atoms with Gasteiger partial charge in [0.1, 0.15) is 0 Å². The number of nitrogens with two attached hydrogens (primary N) is 1. The normalized spacial score (nSPS) is 30.2. The second-order valence-electron chi connectivity index (χ2n) is 4.74. The van der Waals surface area contributed by atoms with E-state index in [1.165, 1.54) is 38.8 Å². The zero-order valence-corrected chi connectivity index (χ0v) is 9.32. The number of rotatable bonds is 2. The number of aromatic amines is 1. The number of fused-ring (bicyclic) bond motifs is 1. The molecule has 2 aliphatic rings. The molecule has 4 N–H and O–H groups in total. The summed E-state index contributed by atoms with van der Waals surface area (Å²) in [6.07, 6.45) is 5.07. The summed E-state index contributed by atoms with van der Waals surface area (Å²) in [5.74, 6) is 1.01.